The van der Waals surface area contributed by atoms with Crippen LogP contribution in [0.25, 0.3) is 0 Å². The van der Waals surface area contributed by atoms with E-state index >= 15 is 0 Å². The van der Waals surface area contributed by atoms with Gasteiger partial charge in [0.25, 0.3) is 0 Å². The van der Waals surface area contributed by atoms with Gasteiger partial charge in [0.05, 0.1) is 5.88 Å². The maximum atomic E-state index is 12.4. The van der Waals surface area contributed by atoms with E-state index in [9.17, 15) is 9.59 Å². The van der Waals surface area contributed by atoms with Gasteiger partial charge in [0.2, 0.25) is 0 Å². The Hall–Kier alpha value is -0.910. The van der Waals surface area contributed by atoms with Crippen molar-refractivity contribution in [2.75, 3.05) is 18.2 Å². The molecule has 0 aromatic heterocycles. The summed E-state index contributed by atoms with van der Waals surface area (Å²) in [4.78, 5) is 26.7. The third-order valence-corrected chi connectivity index (χ3v) is 3.86. The number of hydrogen-bond donors (Lipinski definition) is 1. The van der Waals surface area contributed by atoms with E-state index in [-0.39, 0.29) is 12.1 Å². The van der Waals surface area contributed by atoms with Gasteiger partial charge in [-0.25, -0.2) is 9.59 Å². The second-order valence-electron chi connectivity index (χ2n) is 5.25. The van der Waals surface area contributed by atoms with Gasteiger partial charge in [-0.3, -0.25) is 0 Å². The lowest BCUT2D eigenvalue weighted by molar-refractivity contribution is -0.141. The molecule has 0 aliphatic carbocycles. The fourth-order valence-corrected chi connectivity index (χ4v) is 3.04. The summed E-state index contributed by atoms with van der Waals surface area (Å²) in [6, 6.07) is -0.757. The molecule has 1 heterocycles. The lowest BCUT2D eigenvalue weighted by Gasteiger charge is -2.33. The first kappa shape index (κ1) is 15.1. The molecule has 0 radical (unpaired) electrons. The van der Waals surface area contributed by atoms with Crippen LogP contribution in [-0.4, -0.2) is 57.2 Å². The Bertz CT molecular complexity index is 320. The molecule has 1 atom stereocenters. The third kappa shape index (κ3) is 3.54. The Labute approximate surface area is 113 Å². The standard InChI is InChI=1S/C12H22N2O3S/c1-8(2)5-13(9(3)4)12(17)14-7-18-6-10(14)11(15)16/h8-10H,5-7H2,1-4H3,(H,15,16)/t10-/m0/s1. The number of carboxylic acid groups (broad SMARTS) is 1. The lowest BCUT2D eigenvalue weighted by Crippen LogP contribution is -2.51. The summed E-state index contributed by atoms with van der Waals surface area (Å²) in [6.07, 6.45) is 0. The van der Waals surface area contributed by atoms with Gasteiger partial charge in [-0.1, -0.05) is 13.8 Å². The molecule has 1 fully saturated rings. The summed E-state index contributed by atoms with van der Waals surface area (Å²) in [5.74, 6) is 0.405. The zero-order valence-corrected chi connectivity index (χ0v) is 12.2. The molecule has 104 valence electrons. The van der Waals surface area contributed by atoms with Crippen molar-refractivity contribution >= 4 is 23.8 Å². The monoisotopic (exact) mass is 274 g/mol. The van der Waals surface area contributed by atoms with Gasteiger partial charge in [-0.15, -0.1) is 11.8 Å². The summed E-state index contributed by atoms with van der Waals surface area (Å²) in [5.41, 5.74) is 0. The van der Waals surface area contributed by atoms with Crippen molar-refractivity contribution < 1.29 is 14.7 Å². The van der Waals surface area contributed by atoms with Crippen molar-refractivity contribution in [2.24, 2.45) is 5.92 Å². The Morgan fingerprint density at radius 3 is 2.44 bits per heavy atom. The summed E-state index contributed by atoms with van der Waals surface area (Å²) >= 11 is 1.49. The van der Waals surface area contributed by atoms with E-state index in [4.69, 9.17) is 5.11 Å². The molecule has 1 rings (SSSR count). The second kappa shape index (κ2) is 6.31. The van der Waals surface area contributed by atoms with Crippen LogP contribution in [0.1, 0.15) is 27.7 Å². The number of urea groups is 1. The van der Waals surface area contributed by atoms with Crippen LogP contribution in [0.4, 0.5) is 4.79 Å². The molecule has 0 bridgehead atoms. The van der Waals surface area contributed by atoms with E-state index < -0.39 is 12.0 Å². The van der Waals surface area contributed by atoms with Crippen LogP contribution in [-0.2, 0) is 4.79 Å². The minimum Gasteiger partial charge on any atom is -0.480 e. The molecule has 0 saturated carbocycles. The number of hydrogen-bond acceptors (Lipinski definition) is 3. The largest absolute Gasteiger partial charge is 0.480 e. The average molecular weight is 274 g/mol. The molecule has 1 aliphatic rings. The normalized spacial score (nSPS) is 19.7. The molecule has 2 amide bonds. The summed E-state index contributed by atoms with van der Waals surface area (Å²) in [7, 11) is 0. The van der Waals surface area contributed by atoms with E-state index in [2.05, 4.69) is 13.8 Å². The maximum absolute atomic E-state index is 12.4. The molecule has 5 nitrogen and oxygen atoms in total. The smallest absolute Gasteiger partial charge is 0.327 e. The van der Waals surface area contributed by atoms with Crippen molar-refractivity contribution in [2.45, 2.75) is 39.8 Å². The number of aliphatic carboxylic acids is 1. The van der Waals surface area contributed by atoms with E-state index in [0.717, 1.165) is 0 Å². The Kier molecular flexibility index (Phi) is 5.31. The highest BCUT2D eigenvalue weighted by Crippen LogP contribution is 2.23. The number of carbonyl (C=O) groups is 2. The van der Waals surface area contributed by atoms with Gasteiger partial charge >= 0.3 is 12.0 Å². The highest BCUT2D eigenvalue weighted by molar-refractivity contribution is 7.99. The van der Waals surface area contributed by atoms with Gasteiger partial charge < -0.3 is 14.9 Å². The fraction of sp³-hybridized carbons (Fsp3) is 0.833. The van der Waals surface area contributed by atoms with Gasteiger partial charge in [-0.05, 0) is 19.8 Å². The van der Waals surface area contributed by atoms with Crippen LogP contribution >= 0.6 is 11.8 Å². The molecule has 0 aromatic carbocycles. The lowest BCUT2D eigenvalue weighted by atomic mass is 10.2. The minimum absolute atomic E-state index is 0.0833. The summed E-state index contributed by atoms with van der Waals surface area (Å²) < 4.78 is 0. The highest BCUT2D eigenvalue weighted by atomic mass is 32.2. The Morgan fingerprint density at radius 1 is 1.39 bits per heavy atom. The van der Waals surface area contributed by atoms with Crippen LogP contribution in [0.3, 0.4) is 0 Å². The first-order chi connectivity index (χ1) is 8.34. The van der Waals surface area contributed by atoms with Crippen LogP contribution in [0.5, 0.6) is 0 Å². The van der Waals surface area contributed by atoms with Crippen LogP contribution in [0.15, 0.2) is 0 Å². The molecule has 0 unspecified atom stereocenters. The number of carbonyl (C=O) groups excluding carboxylic acids is 1. The average Bonchev–Trinajstić information content (AvgIpc) is 2.73. The molecule has 18 heavy (non-hydrogen) atoms. The van der Waals surface area contributed by atoms with E-state index in [1.807, 2.05) is 13.8 Å². The third-order valence-electron chi connectivity index (χ3n) is 2.84. The molecule has 0 spiro atoms. The molecular weight excluding hydrogens is 252 g/mol. The number of amides is 2. The summed E-state index contributed by atoms with van der Waals surface area (Å²) in [5, 5.41) is 9.11. The van der Waals surface area contributed by atoms with E-state index in [0.29, 0.717) is 24.1 Å². The van der Waals surface area contributed by atoms with Crippen LogP contribution < -0.4 is 0 Å². The minimum atomic E-state index is -0.915. The van der Waals surface area contributed by atoms with Gasteiger partial charge in [-0.2, -0.15) is 0 Å². The quantitative estimate of drug-likeness (QED) is 0.851. The van der Waals surface area contributed by atoms with Gasteiger partial charge in [0, 0.05) is 18.3 Å². The predicted octanol–water partition coefficient (Wildman–Crippen LogP) is 1.93. The topological polar surface area (TPSA) is 60.9 Å². The van der Waals surface area contributed by atoms with Crippen molar-refractivity contribution in [3.05, 3.63) is 0 Å². The van der Waals surface area contributed by atoms with Crippen molar-refractivity contribution in [1.82, 2.24) is 9.80 Å². The van der Waals surface area contributed by atoms with Crippen LogP contribution in [0, 0.1) is 5.92 Å². The van der Waals surface area contributed by atoms with Gasteiger partial charge in [0.15, 0.2) is 0 Å². The predicted molar refractivity (Wildman–Crippen MR) is 72.7 cm³/mol. The number of thioether (sulfide) groups is 1. The highest BCUT2D eigenvalue weighted by Gasteiger charge is 2.37. The number of nitrogens with zero attached hydrogens (tertiary/aromatic N) is 2. The molecule has 1 N–H and O–H groups in total. The van der Waals surface area contributed by atoms with Crippen LogP contribution in [0.2, 0.25) is 0 Å². The zero-order valence-electron chi connectivity index (χ0n) is 11.4. The second-order valence-corrected chi connectivity index (χ2v) is 6.25. The maximum Gasteiger partial charge on any atom is 0.327 e. The first-order valence-corrected chi connectivity index (χ1v) is 7.37. The molecule has 0 aromatic rings. The number of carboxylic acids is 1. The molecule has 1 aliphatic heterocycles. The first-order valence-electron chi connectivity index (χ1n) is 6.22. The SMILES string of the molecule is CC(C)CN(C(=O)N1CSC[C@H]1C(=O)O)C(C)C. The Morgan fingerprint density at radius 2 is 2.00 bits per heavy atom. The Balaban J connectivity index is 2.79. The molecule has 6 heteroatoms. The molecular formula is C12H22N2O3S. The summed E-state index contributed by atoms with van der Waals surface area (Å²) in [6.45, 7) is 8.68. The zero-order chi connectivity index (χ0) is 13.9. The molecule has 1 saturated heterocycles. The van der Waals surface area contributed by atoms with Crippen molar-refractivity contribution in [1.29, 1.82) is 0 Å². The van der Waals surface area contributed by atoms with Crippen molar-refractivity contribution in [3.8, 4) is 0 Å². The van der Waals surface area contributed by atoms with E-state index in [1.54, 1.807) is 4.90 Å². The van der Waals surface area contributed by atoms with Crippen molar-refractivity contribution in [3.63, 3.8) is 0 Å². The fourth-order valence-electron chi connectivity index (χ4n) is 1.90. The number of rotatable bonds is 4. The van der Waals surface area contributed by atoms with E-state index in [1.165, 1.54) is 16.7 Å². The van der Waals surface area contributed by atoms with Gasteiger partial charge in [0.1, 0.15) is 6.04 Å².